The van der Waals surface area contributed by atoms with Gasteiger partial charge < -0.3 is 5.73 Å². The van der Waals surface area contributed by atoms with Crippen LogP contribution in [0.4, 0.5) is 0 Å². The van der Waals surface area contributed by atoms with E-state index in [1.54, 1.807) is 29.4 Å². The van der Waals surface area contributed by atoms with Gasteiger partial charge in [-0.15, -0.1) is 0 Å². The molecule has 6 heteroatoms. The second-order valence-corrected chi connectivity index (χ2v) is 8.12. The molecule has 2 N–H and O–H groups in total. The van der Waals surface area contributed by atoms with E-state index < -0.39 is 10.0 Å². The van der Waals surface area contributed by atoms with E-state index in [9.17, 15) is 8.42 Å². The topological polar surface area (TPSA) is 63.4 Å². The van der Waals surface area contributed by atoms with Crippen LogP contribution in [0.5, 0.6) is 0 Å². The first-order valence-corrected chi connectivity index (χ1v) is 9.02. The number of piperidine rings is 1. The maximum Gasteiger partial charge on any atom is 0.243 e. The van der Waals surface area contributed by atoms with Gasteiger partial charge in [-0.2, -0.15) is 4.31 Å². The van der Waals surface area contributed by atoms with Gasteiger partial charge in [0, 0.05) is 18.2 Å². The lowest BCUT2D eigenvalue weighted by atomic mass is 9.94. The Balaban J connectivity index is 2.42. The van der Waals surface area contributed by atoms with Crippen molar-refractivity contribution in [1.82, 2.24) is 4.31 Å². The van der Waals surface area contributed by atoms with Crippen LogP contribution in [0.15, 0.2) is 23.1 Å². The van der Waals surface area contributed by atoms with Crippen molar-refractivity contribution < 1.29 is 8.42 Å². The molecule has 0 bridgehead atoms. The van der Waals surface area contributed by atoms with Crippen LogP contribution in [0.2, 0.25) is 0 Å². The molecule has 2 unspecified atom stereocenters. The zero-order valence-corrected chi connectivity index (χ0v) is 14.3. The van der Waals surface area contributed by atoms with E-state index in [1.165, 1.54) is 0 Å². The summed E-state index contributed by atoms with van der Waals surface area (Å²) >= 11 is 4.94. The maximum atomic E-state index is 12.9. The molecular formula is C15H22N2O2S2. The third-order valence-corrected chi connectivity index (χ3v) is 6.74. The standard InChI is InChI=1S/C15H22N2O2S2/c1-10-5-4-8-17(12(10)3)21(18,19)14-7-6-13(15(16)20)9-11(14)2/h6-7,9-10,12H,4-5,8H2,1-3H3,(H2,16,20). The van der Waals surface area contributed by atoms with Gasteiger partial charge in [-0.1, -0.05) is 25.2 Å². The Morgan fingerprint density at radius 3 is 2.62 bits per heavy atom. The molecule has 1 fully saturated rings. The summed E-state index contributed by atoms with van der Waals surface area (Å²) in [6.07, 6.45) is 1.99. The third-order valence-electron chi connectivity index (χ3n) is 4.36. The van der Waals surface area contributed by atoms with Crippen LogP contribution in [-0.4, -0.2) is 30.3 Å². The average molecular weight is 326 g/mol. The van der Waals surface area contributed by atoms with Crippen molar-refractivity contribution in [3.05, 3.63) is 29.3 Å². The number of rotatable bonds is 3. The van der Waals surface area contributed by atoms with E-state index in [2.05, 4.69) is 6.92 Å². The molecule has 4 nitrogen and oxygen atoms in total. The number of hydrogen-bond donors (Lipinski definition) is 1. The highest BCUT2D eigenvalue weighted by Gasteiger charge is 2.35. The molecule has 1 heterocycles. The zero-order valence-electron chi connectivity index (χ0n) is 12.7. The number of nitrogens with two attached hydrogens (primary N) is 1. The average Bonchev–Trinajstić information content (AvgIpc) is 2.41. The number of thiocarbonyl (C=S) groups is 1. The molecule has 2 rings (SSSR count). The Labute approximate surface area is 132 Å². The van der Waals surface area contributed by atoms with Gasteiger partial charge in [0.2, 0.25) is 10.0 Å². The monoisotopic (exact) mass is 326 g/mol. The smallest absolute Gasteiger partial charge is 0.243 e. The Morgan fingerprint density at radius 2 is 2.05 bits per heavy atom. The van der Waals surface area contributed by atoms with Gasteiger partial charge in [-0.05, 0) is 50.3 Å². The summed E-state index contributed by atoms with van der Waals surface area (Å²) in [7, 11) is -3.47. The van der Waals surface area contributed by atoms with E-state index in [1.807, 2.05) is 6.92 Å². The SMILES string of the molecule is Cc1cc(C(N)=S)ccc1S(=O)(=O)N1CCCC(C)C1C. The van der Waals surface area contributed by atoms with E-state index in [0.29, 0.717) is 28.5 Å². The molecule has 116 valence electrons. The minimum Gasteiger partial charge on any atom is -0.389 e. The van der Waals surface area contributed by atoms with Gasteiger partial charge in [-0.25, -0.2) is 8.42 Å². The fourth-order valence-electron chi connectivity index (χ4n) is 2.86. The number of nitrogens with zero attached hydrogens (tertiary/aromatic N) is 1. The number of hydrogen-bond acceptors (Lipinski definition) is 3. The molecular weight excluding hydrogens is 304 g/mol. The lowest BCUT2D eigenvalue weighted by molar-refractivity contribution is 0.202. The summed E-state index contributed by atoms with van der Waals surface area (Å²) in [5.74, 6) is 0.379. The molecule has 0 amide bonds. The van der Waals surface area contributed by atoms with Gasteiger partial charge in [-0.3, -0.25) is 0 Å². The minimum absolute atomic E-state index is 0.0263. The molecule has 21 heavy (non-hydrogen) atoms. The van der Waals surface area contributed by atoms with Crippen LogP contribution in [0.25, 0.3) is 0 Å². The van der Waals surface area contributed by atoms with Crippen molar-refractivity contribution in [3.63, 3.8) is 0 Å². The van der Waals surface area contributed by atoms with Crippen LogP contribution in [0.3, 0.4) is 0 Å². The van der Waals surface area contributed by atoms with E-state index in [4.69, 9.17) is 18.0 Å². The summed E-state index contributed by atoms with van der Waals surface area (Å²) in [6, 6.07) is 5.07. The first-order chi connectivity index (χ1) is 9.75. The van der Waals surface area contributed by atoms with Crippen molar-refractivity contribution in [3.8, 4) is 0 Å². The van der Waals surface area contributed by atoms with E-state index >= 15 is 0 Å². The molecule has 0 saturated carbocycles. The summed E-state index contributed by atoms with van der Waals surface area (Å²) in [5.41, 5.74) is 6.98. The first kappa shape index (κ1) is 16.4. The Morgan fingerprint density at radius 1 is 1.38 bits per heavy atom. The highest BCUT2D eigenvalue weighted by Crippen LogP contribution is 2.30. The Kier molecular flexibility index (Phi) is 4.70. The second kappa shape index (κ2) is 6.02. The highest BCUT2D eigenvalue weighted by molar-refractivity contribution is 7.89. The molecule has 2 atom stereocenters. The molecule has 1 aliphatic rings. The summed E-state index contributed by atoms with van der Waals surface area (Å²) < 4.78 is 27.4. The molecule has 0 spiro atoms. The molecule has 0 aromatic heterocycles. The fourth-order valence-corrected chi connectivity index (χ4v) is 4.96. The summed E-state index contributed by atoms with van der Waals surface area (Å²) in [6.45, 7) is 6.46. The van der Waals surface area contributed by atoms with Gasteiger partial charge >= 0.3 is 0 Å². The zero-order chi connectivity index (χ0) is 15.8. The van der Waals surface area contributed by atoms with Crippen molar-refractivity contribution in [2.75, 3.05) is 6.54 Å². The fraction of sp³-hybridized carbons (Fsp3) is 0.533. The molecule has 1 aromatic carbocycles. The number of aryl methyl sites for hydroxylation is 1. The van der Waals surface area contributed by atoms with Crippen LogP contribution < -0.4 is 5.73 Å². The lowest BCUT2D eigenvalue weighted by Gasteiger charge is -2.37. The lowest BCUT2D eigenvalue weighted by Crippen LogP contribution is -2.46. The minimum atomic E-state index is -3.47. The summed E-state index contributed by atoms with van der Waals surface area (Å²) in [4.78, 5) is 0.630. The van der Waals surface area contributed by atoms with Crippen molar-refractivity contribution >= 4 is 27.2 Å². The van der Waals surface area contributed by atoms with Gasteiger partial charge in [0.05, 0.1) is 4.90 Å². The van der Waals surface area contributed by atoms with Crippen LogP contribution >= 0.6 is 12.2 Å². The molecule has 1 aliphatic heterocycles. The normalized spacial score (nSPS) is 24.0. The Bertz CT molecular complexity index is 656. The molecule has 1 saturated heterocycles. The van der Waals surface area contributed by atoms with Crippen LogP contribution in [0, 0.1) is 12.8 Å². The largest absolute Gasteiger partial charge is 0.389 e. The Hall–Kier alpha value is -0.980. The van der Waals surface area contributed by atoms with Crippen molar-refractivity contribution in [2.24, 2.45) is 11.7 Å². The van der Waals surface area contributed by atoms with Gasteiger partial charge in [0.25, 0.3) is 0 Å². The number of benzene rings is 1. The highest BCUT2D eigenvalue weighted by atomic mass is 32.2. The van der Waals surface area contributed by atoms with Crippen molar-refractivity contribution in [2.45, 2.75) is 44.6 Å². The second-order valence-electron chi connectivity index (χ2n) is 5.82. The predicted molar refractivity (Wildman–Crippen MR) is 88.8 cm³/mol. The van der Waals surface area contributed by atoms with Crippen molar-refractivity contribution in [1.29, 1.82) is 0 Å². The summed E-state index contributed by atoms with van der Waals surface area (Å²) in [5, 5.41) is 0. The quantitative estimate of drug-likeness (QED) is 0.867. The first-order valence-electron chi connectivity index (χ1n) is 7.17. The van der Waals surface area contributed by atoms with Crippen LogP contribution in [0.1, 0.15) is 37.8 Å². The molecule has 1 aromatic rings. The van der Waals surface area contributed by atoms with Crippen LogP contribution in [-0.2, 0) is 10.0 Å². The van der Waals surface area contributed by atoms with Gasteiger partial charge in [0.1, 0.15) is 4.99 Å². The maximum absolute atomic E-state index is 12.9. The third kappa shape index (κ3) is 3.12. The molecule has 0 aliphatic carbocycles. The van der Waals surface area contributed by atoms with E-state index in [0.717, 1.165) is 12.8 Å². The van der Waals surface area contributed by atoms with E-state index in [-0.39, 0.29) is 11.0 Å². The molecule has 0 radical (unpaired) electrons. The predicted octanol–water partition coefficient (Wildman–Crippen LogP) is 2.44. The number of sulfonamides is 1. The van der Waals surface area contributed by atoms with Gasteiger partial charge in [0.15, 0.2) is 0 Å².